The van der Waals surface area contributed by atoms with E-state index in [0.29, 0.717) is 5.92 Å². The maximum atomic E-state index is 6.02. The molecule has 0 radical (unpaired) electrons. The van der Waals surface area contributed by atoms with E-state index in [1.165, 1.54) is 51.4 Å². The Bertz CT molecular complexity index is 256. The van der Waals surface area contributed by atoms with E-state index in [0.717, 1.165) is 26.1 Å². The lowest BCUT2D eigenvalue weighted by Gasteiger charge is -2.24. The Balaban J connectivity index is 3.51. The quantitative estimate of drug-likeness (QED) is 0.241. The maximum absolute atomic E-state index is 6.02. The smallest absolute Gasteiger partial charge is 0.361 e. The molecule has 0 fully saturated rings. The van der Waals surface area contributed by atoms with Gasteiger partial charge in [-0.1, -0.05) is 72.1 Å². The summed E-state index contributed by atoms with van der Waals surface area (Å²) in [6.07, 6.45) is 13.2. The van der Waals surface area contributed by atoms with Crippen molar-refractivity contribution >= 4 is 8.56 Å². The predicted octanol–water partition coefficient (Wildman–Crippen LogP) is 6.39. The zero-order valence-corrected chi connectivity index (χ0v) is 16.7. The molecule has 0 amide bonds. The first-order valence-corrected chi connectivity index (χ1v) is 11.8. The number of unbranched alkanes of at least 4 members (excludes halogenated alkanes) is 8. The second-order valence-corrected chi connectivity index (χ2v) is 9.95. The van der Waals surface area contributed by atoms with E-state index in [9.17, 15) is 0 Å². The molecule has 0 aliphatic heterocycles. The average molecular weight is 329 g/mol. The van der Waals surface area contributed by atoms with Gasteiger partial charge in [-0.2, -0.15) is 0 Å². The minimum Gasteiger partial charge on any atom is -0.391 e. The van der Waals surface area contributed by atoms with Crippen molar-refractivity contribution in [2.75, 3.05) is 13.2 Å². The first kappa shape index (κ1) is 21.9. The molecule has 0 aromatic carbocycles. The van der Waals surface area contributed by atoms with Crippen LogP contribution in [-0.2, 0) is 8.85 Å². The van der Waals surface area contributed by atoms with Crippen molar-refractivity contribution < 1.29 is 8.85 Å². The molecule has 0 rings (SSSR count). The average Bonchev–Trinajstić information content (AvgIpc) is 2.49. The molecule has 0 heterocycles. The summed E-state index contributed by atoms with van der Waals surface area (Å²) in [7, 11) is -2.12. The van der Waals surface area contributed by atoms with Crippen LogP contribution in [0.2, 0.25) is 6.55 Å². The molecule has 0 saturated heterocycles. The van der Waals surface area contributed by atoms with Crippen LogP contribution in [0.4, 0.5) is 0 Å². The van der Waals surface area contributed by atoms with E-state index in [1.807, 2.05) is 5.70 Å². The Morgan fingerprint density at radius 3 is 1.86 bits per heavy atom. The molecule has 0 N–H and O–H groups in total. The van der Waals surface area contributed by atoms with Gasteiger partial charge < -0.3 is 8.85 Å². The SMILES string of the molecule is C=C[Si](C)(OCCCCCCCCCCC)OCCC(C)C. The van der Waals surface area contributed by atoms with Crippen LogP contribution in [0, 0.1) is 5.92 Å². The first-order valence-electron chi connectivity index (χ1n) is 9.45. The summed E-state index contributed by atoms with van der Waals surface area (Å²) >= 11 is 0. The van der Waals surface area contributed by atoms with Crippen LogP contribution in [0.5, 0.6) is 0 Å². The molecular formula is C19H40O2Si. The summed E-state index contributed by atoms with van der Waals surface area (Å²) in [4.78, 5) is 0. The first-order chi connectivity index (χ1) is 10.5. The third-order valence-electron chi connectivity index (χ3n) is 4.09. The fraction of sp³-hybridized carbons (Fsp3) is 0.895. The summed E-state index contributed by atoms with van der Waals surface area (Å²) in [5.74, 6) is 0.681. The normalized spacial score (nSPS) is 14.2. The van der Waals surface area contributed by atoms with Crippen LogP contribution >= 0.6 is 0 Å². The van der Waals surface area contributed by atoms with Gasteiger partial charge in [0.25, 0.3) is 0 Å². The standard InChI is InChI=1S/C19H40O2Si/c1-6-8-9-10-11-12-13-14-15-17-20-22(5,7-2)21-18-16-19(3)4/h7,19H,2,6,8-18H2,1,3-5H3. The highest BCUT2D eigenvalue weighted by atomic mass is 28.4. The third kappa shape index (κ3) is 13.5. The van der Waals surface area contributed by atoms with Gasteiger partial charge in [0.15, 0.2) is 0 Å². The van der Waals surface area contributed by atoms with Crippen molar-refractivity contribution in [3.63, 3.8) is 0 Å². The minimum atomic E-state index is -2.12. The molecule has 0 saturated carbocycles. The van der Waals surface area contributed by atoms with Gasteiger partial charge in [-0.05, 0) is 31.0 Å². The van der Waals surface area contributed by atoms with Crippen molar-refractivity contribution in [3.8, 4) is 0 Å². The molecule has 132 valence electrons. The molecule has 0 aliphatic carbocycles. The van der Waals surface area contributed by atoms with Gasteiger partial charge in [-0.25, -0.2) is 0 Å². The van der Waals surface area contributed by atoms with Crippen molar-refractivity contribution in [2.24, 2.45) is 5.92 Å². The highest BCUT2D eigenvalue weighted by Crippen LogP contribution is 2.13. The largest absolute Gasteiger partial charge is 0.391 e. The molecular weight excluding hydrogens is 288 g/mol. The molecule has 0 aromatic rings. The molecule has 0 spiro atoms. The maximum Gasteiger partial charge on any atom is 0.361 e. The van der Waals surface area contributed by atoms with E-state index in [1.54, 1.807) is 0 Å². The van der Waals surface area contributed by atoms with Crippen molar-refractivity contribution in [3.05, 3.63) is 12.3 Å². The summed E-state index contributed by atoms with van der Waals surface area (Å²) in [5, 5.41) is 0. The van der Waals surface area contributed by atoms with Crippen molar-refractivity contribution in [1.82, 2.24) is 0 Å². The third-order valence-corrected chi connectivity index (χ3v) is 6.39. The fourth-order valence-corrected chi connectivity index (χ4v) is 3.74. The van der Waals surface area contributed by atoms with Crippen molar-refractivity contribution in [1.29, 1.82) is 0 Å². The van der Waals surface area contributed by atoms with Crippen LogP contribution < -0.4 is 0 Å². The molecule has 0 aromatic heterocycles. The molecule has 22 heavy (non-hydrogen) atoms. The van der Waals surface area contributed by atoms with Crippen LogP contribution in [-0.4, -0.2) is 21.8 Å². The second-order valence-electron chi connectivity index (χ2n) is 6.93. The monoisotopic (exact) mass is 328 g/mol. The Hall–Kier alpha value is -0.123. The zero-order chi connectivity index (χ0) is 16.7. The van der Waals surface area contributed by atoms with E-state index in [4.69, 9.17) is 8.85 Å². The van der Waals surface area contributed by atoms with E-state index >= 15 is 0 Å². The lowest BCUT2D eigenvalue weighted by molar-refractivity contribution is 0.173. The van der Waals surface area contributed by atoms with Crippen LogP contribution in [0.15, 0.2) is 12.3 Å². The van der Waals surface area contributed by atoms with Gasteiger partial charge in [-0.15, -0.1) is 6.58 Å². The Morgan fingerprint density at radius 1 is 0.864 bits per heavy atom. The molecule has 0 bridgehead atoms. The van der Waals surface area contributed by atoms with Crippen LogP contribution in [0.3, 0.4) is 0 Å². The predicted molar refractivity (Wildman–Crippen MR) is 100 cm³/mol. The Kier molecular flexibility index (Phi) is 14.4. The summed E-state index contributed by atoms with van der Waals surface area (Å²) in [5.41, 5.74) is 1.92. The number of rotatable bonds is 16. The van der Waals surface area contributed by atoms with E-state index in [2.05, 4.69) is 33.9 Å². The summed E-state index contributed by atoms with van der Waals surface area (Å²) < 4.78 is 12.0. The zero-order valence-electron chi connectivity index (χ0n) is 15.7. The van der Waals surface area contributed by atoms with Crippen LogP contribution in [0.25, 0.3) is 0 Å². The highest BCUT2D eigenvalue weighted by molar-refractivity contribution is 6.71. The van der Waals surface area contributed by atoms with Crippen molar-refractivity contribution in [2.45, 2.75) is 91.5 Å². The highest BCUT2D eigenvalue weighted by Gasteiger charge is 2.27. The topological polar surface area (TPSA) is 18.5 Å². The molecule has 1 unspecified atom stereocenters. The van der Waals surface area contributed by atoms with E-state index in [-0.39, 0.29) is 0 Å². The van der Waals surface area contributed by atoms with Gasteiger partial charge in [0, 0.05) is 13.2 Å². The number of hydrogen-bond donors (Lipinski definition) is 0. The Labute approximate surface area is 140 Å². The van der Waals surface area contributed by atoms with Gasteiger partial charge >= 0.3 is 8.56 Å². The van der Waals surface area contributed by atoms with E-state index < -0.39 is 8.56 Å². The Morgan fingerprint density at radius 2 is 1.36 bits per heavy atom. The molecule has 2 nitrogen and oxygen atoms in total. The summed E-state index contributed by atoms with van der Waals surface area (Å²) in [6, 6.07) is 0. The van der Waals surface area contributed by atoms with Gasteiger partial charge in [-0.3, -0.25) is 0 Å². The molecule has 0 aliphatic rings. The summed E-state index contributed by atoms with van der Waals surface area (Å²) in [6.45, 7) is 14.3. The number of hydrogen-bond acceptors (Lipinski definition) is 2. The molecule has 1 atom stereocenters. The molecule has 3 heteroatoms. The lowest BCUT2D eigenvalue weighted by atomic mass is 10.1. The van der Waals surface area contributed by atoms with Gasteiger partial charge in [0.05, 0.1) is 0 Å². The van der Waals surface area contributed by atoms with Gasteiger partial charge in [0.1, 0.15) is 0 Å². The lowest BCUT2D eigenvalue weighted by Crippen LogP contribution is -2.37. The second kappa shape index (κ2) is 14.5. The van der Waals surface area contributed by atoms with Crippen LogP contribution in [0.1, 0.15) is 85.0 Å². The fourth-order valence-electron chi connectivity index (χ4n) is 2.34. The minimum absolute atomic E-state index is 0.681. The van der Waals surface area contributed by atoms with Gasteiger partial charge in [0.2, 0.25) is 0 Å².